The first-order valence-corrected chi connectivity index (χ1v) is 7.04. The molecule has 0 heterocycles. The summed E-state index contributed by atoms with van der Waals surface area (Å²) in [4.78, 5) is 12.2. The lowest BCUT2D eigenvalue weighted by Crippen LogP contribution is -2.50. The van der Waals surface area contributed by atoms with Gasteiger partial charge in [0, 0.05) is 5.41 Å². The molecule has 0 N–H and O–H groups in total. The van der Waals surface area contributed by atoms with Gasteiger partial charge in [-0.3, -0.25) is 4.79 Å². The molecule has 1 heteroatoms. The topological polar surface area (TPSA) is 17.1 Å². The van der Waals surface area contributed by atoms with Crippen LogP contribution < -0.4 is 0 Å². The van der Waals surface area contributed by atoms with E-state index < -0.39 is 0 Å². The van der Waals surface area contributed by atoms with E-state index in [4.69, 9.17) is 0 Å². The molecule has 0 saturated carbocycles. The van der Waals surface area contributed by atoms with Crippen molar-refractivity contribution in [2.45, 2.75) is 66.7 Å². The molecule has 0 bridgehead atoms. The molecule has 1 nitrogen and oxygen atoms in total. The Hall–Kier alpha value is -0.590. The largest absolute Gasteiger partial charge is 0.299 e. The summed E-state index contributed by atoms with van der Waals surface area (Å²) in [7, 11) is 0. The maximum Gasteiger partial charge on any atom is 0.136 e. The molecule has 2 aliphatic carbocycles. The molecule has 0 spiro atoms. The van der Waals surface area contributed by atoms with Gasteiger partial charge in [-0.1, -0.05) is 38.8 Å². The molecule has 0 amide bonds. The molecular formula is C16H26O. The Morgan fingerprint density at radius 1 is 1.18 bits per heavy atom. The number of ketones is 1. The number of carbonyl (C=O) groups is 1. The minimum atomic E-state index is -0.177. The molecule has 2 aliphatic rings. The Morgan fingerprint density at radius 2 is 1.76 bits per heavy atom. The molecule has 0 aromatic carbocycles. The molecular weight excluding hydrogens is 208 g/mol. The van der Waals surface area contributed by atoms with E-state index in [0.29, 0.717) is 11.7 Å². The van der Waals surface area contributed by atoms with Crippen LogP contribution in [-0.4, -0.2) is 5.78 Å². The lowest BCUT2D eigenvalue weighted by Gasteiger charge is -2.53. The fourth-order valence-corrected chi connectivity index (χ4v) is 4.24. The molecule has 96 valence electrons. The van der Waals surface area contributed by atoms with Crippen molar-refractivity contribution in [2.75, 3.05) is 0 Å². The van der Waals surface area contributed by atoms with Crippen LogP contribution in [0.15, 0.2) is 11.1 Å². The van der Waals surface area contributed by atoms with E-state index in [2.05, 4.69) is 27.7 Å². The van der Waals surface area contributed by atoms with Crippen LogP contribution in [0.1, 0.15) is 66.7 Å². The predicted octanol–water partition coefficient (Wildman–Crippen LogP) is 4.52. The van der Waals surface area contributed by atoms with Gasteiger partial charge < -0.3 is 0 Å². The molecule has 0 saturated heterocycles. The van der Waals surface area contributed by atoms with Crippen molar-refractivity contribution in [3.05, 3.63) is 11.1 Å². The van der Waals surface area contributed by atoms with E-state index >= 15 is 0 Å². The number of hydrogen-bond donors (Lipinski definition) is 0. The van der Waals surface area contributed by atoms with Gasteiger partial charge in [-0.15, -0.1) is 0 Å². The Kier molecular flexibility index (Phi) is 3.00. The summed E-state index contributed by atoms with van der Waals surface area (Å²) in [5.41, 5.74) is 3.15. The highest BCUT2D eigenvalue weighted by Gasteiger charge is 2.53. The fraction of sp³-hybridized carbons (Fsp3) is 0.812. The maximum absolute atomic E-state index is 12.2. The van der Waals surface area contributed by atoms with Crippen LogP contribution in [-0.2, 0) is 4.79 Å². The molecule has 2 unspecified atom stereocenters. The highest BCUT2D eigenvalue weighted by Crippen LogP contribution is 2.58. The minimum Gasteiger partial charge on any atom is -0.299 e. The van der Waals surface area contributed by atoms with Crippen molar-refractivity contribution < 1.29 is 4.79 Å². The Balaban J connectivity index is 2.53. The van der Waals surface area contributed by atoms with Crippen molar-refractivity contribution in [3.8, 4) is 0 Å². The van der Waals surface area contributed by atoms with Gasteiger partial charge in [-0.2, -0.15) is 0 Å². The number of allylic oxidation sites excluding steroid dienone is 2. The van der Waals surface area contributed by atoms with Gasteiger partial charge in [0.05, 0.1) is 0 Å². The third-order valence-corrected chi connectivity index (χ3v) is 5.90. The zero-order chi connectivity index (χ0) is 12.8. The van der Waals surface area contributed by atoms with Crippen LogP contribution in [0.25, 0.3) is 0 Å². The third kappa shape index (κ3) is 1.62. The summed E-state index contributed by atoms with van der Waals surface area (Å²) in [6, 6.07) is 0. The van der Waals surface area contributed by atoms with Crippen molar-refractivity contribution in [1.82, 2.24) is 0 Å². The van der Waals surface area contributed by atoms with E-state index in [1.807, 2.05) is 0 Å². The van der Waals surface area contributed by atoms with Crippen molar-refractivity contribution in [1.29, 1.82) is 0 Å². The molecule has 2 atom stereocenters. The Morgan fingerprint density at radius 3 is 2.35 bits per heavy atom. The Bertz CT molecular complexity index is 375. The standard InChI is InChI=1S/C16H26O/c1-11-10-13-8-6-7-9-14(13)15(3,4)16(11,5)12(2)17/h11H,6-10H2,1-5H3. The molecule has 2 rings (SSSR count). The van der Waals surface area contributed by atoms with E-state index in [-0.39, 0.29) is 10.8 Å². The summed E-state index contributed by atoms with van der Waals surface area (Å²) in [6.07, 6.45) is 6.30. The normalized spacial score (nSPS) is 36.6. The fourth-order valence-electron chi connectivity index (χ4n) is 4.24. The van der Waals surface area contributed by atoms with E-state index in [9.17, 15) is 4.79 Å². The van der Waals surface area contributed by atoms with Gasteiger partial charge in [0.1, 0.15) is 5.78 Å². The highest BCUT2D eigenvalue weighted by molar-refractivity contribution is 5.84. The second kappa shape index (κ2) is 3.96. The van der Waals surface area contributed by atoms with Gasteiger partial charge >= 0.3 is 0 Å². The van der Waals surface area contributed by atoms with Crippen LogP contribution in [0.4, 0.5) is 0 Å². The van der Waals surface area contributed by atoms with Crippen LogP contribution in [0.5, 0.6) is 0 Å². The zero-order valence-electron chi connectivity index (χ0n) is 12.0. The molecule has 0 aliphatic heterocycles. The summed E-state index contributed by atoms with van der Waals surface area (Å²) in [6.45, 7) is 10.8. The SMILES string of the molecule is CC(=O)C1(C)C(C)CC2=C(CCCC2)C1(C)C. The summed E-state index contributed by atoms with van der Waals surface area (Å²) in [5.74, 6) is 0.846. The lowest BCUT2D eigenvalue weighted by atomic mass is 9.49. The monoisotopic (exact) mass is 234 g/mol. The van der Waals surface area contributed by atoms with Gasteiger partial charge in [0.15, 0.2) is 0 Å². The molecule has 17 heavy (non-hydrogen) atoms. The molecule has 0 radical (unpaired) electrons. The van der Waals surface area contributed by atoms with Gasteiger partial charge in [-0.25, -0.2) is 0 Å². The van der Waals surface area contributed by atoms with Crippen LogP contribution in [0, 0.1) is 16.7 Å². The van der Waals surface area contributed by atoms with Crippen LogP contribution in [0.3, 0.4) is 0 Å². The second-order valence-corrected chi connectivity index (χ2v) is 6.78. The molecule has 0 aromatic rings. The summed E-state index contributed by atoms with van der Waals surface area (Å²) >= 11 is 0. The van der Waals surface area contributed by atoms with Crippen molar-refractivity contribution in [3.63, 3.8) is 0 Å². The van der Waals surface area contributed by atoms with Crippen LogP contribution in [0.2, 0.25) is 0 Å². The van der Waals surface area contributed by atoms with Crippen LogP contribution >= 0.6 is 0 Å². The predicted molar refractivity (Wildman–Crippen MR) is 71.8 cm³/mol. The van der Waals surface area contributed by atoms with E-state index in [1.54, 1.807) is 18.1 Å². The maximum atomic E-state index is 12.2. The zero-order valence-corrected chi connectivity index (χ0v) is 12.0. The summed E-state index contributed by atoms with van der Waals surface area (Å²) < 4.78 is 0. The van der Waals surface area contributed by atoms with E-state index in [0.717, 1.165) is 6.42 Å². The van der Waals surface area contributed by atoms with Crippen molar-refractivity contribution in [2.24, 2.45) is 16.7 Å². The number of rotatable bonds is 1. The minimum absolute atomic E-state index is 0.0479. The van der Waals surface area contributed by atoms with Crippen molar-refractivity contribution >= 4 is 5.78 Å². The number of hydrogen-bond acceptors (Lipinski definition) is 1. The average molecular weight is 234 g/mol. The smallest absolute Gasteiger partial charge is 0.136 e. The van der Waals surface area contributed by atoms with Gasteiger partial charge in [0.2, 0.25) is 0 Å². The van der Waals surface area contributed by atoms with Gasteiger partial charge in [0.25, 0.3) is 0 Å². The highest BCUT2D eigenvalue weighted by atomic mass is 16.1. The van der Waals surface area contributed by atoms with Gasteiger partial charge in [-0.05, 0) is 50.4 Å². The number of Topliss-reactive ketones (excluding diaryl/α,β-unsaturated/α-hetero) is 1. The second-order valence-electron chi connectivity index (χ2n) is 6.78. The van der Waals surface area contributed by atoms with E-state index in [1.165, 1.54) is 25.7 Å². The average Bonchev–Trinajstić information content (AvgIpc) is 2.26. The number of carbonyl (C=O) groups excluding carboxylic acids is 1. The lowest BCUT2D eigenvalue weighted by molar-refractivity contribution is -0.136. The molecule has 0 fully saturated rings. The molecule has 0 aromatic heterocycles. The third-order valence-electron chi connectivity index (χ3n) is 5.90. The quantitative estimate of drug-likeness (QED) is 0.610. The Labute approximate surface area is 106 Å². The first kappa shape index (κ1) is 12.9. The first-order valence-electron chi connectivity index (χ1n) is 7.04. The first-order chi connectivity index (χ1) is 7.81. The summed E-state index contributed by atoms with van der Waals surface area (Å²) in [5, 5.41) is 0.